The molecule has 1 unspecified atom stereocenters. The second-order valence-corrected chi connectivity index (χ2v) is 5.56. The molecule has 114 valence electrons. The predicted octanol–water partition coefficient (Wildman–Crippen LogP) is 3.27. The number of benzene rings is 1. The number of nitrogens with zero attached hydrogens (tertiary/aromatic N) is 2. The molecule has 0 radical (unpaired) electrons. The van der Waals surface area contributed by atoms with Crippen molar-refractivity contribution in [2.24, 2.45) is 0 Å². The third-order valence-electron chi connectivity index (χ3n) is 3.52. The Kier molecular flexibility index (Phi) is 5.81. The molecule has 2 rings (SSSR count). The van der Waals surface area contributed by atoms with E-state index in [9.17, 15) is 0 Å². The minimum atomic E-state index is 0.422. The van der Waals surface area contributed by atoms with Crippen molar-refractivity contribution in [2.45, 2.75) is 39.3 Å². The SMILES string of the molecule is COCCn1cc(NC(C)CCc2cccc(C)c2)cn1. The molecule has 2 aromatic rings. The van der Waals surface area contributed by atoms with Gasteiger partial charge in [-0.1, -0.05) is 29.8 Å². The predicted molar refractivity (Wildman–Crippen MR) is 86.7 cm³/mol. The van der Waals surface area contributed by atoms with Gasteiger partial charge >= 0.3 is 0 Å². The Hall–Kier alpha value is -1.81. The Morgan fingerprint density at radius 3 is 3.00 bits per heavy atom. The number of anilines is 1. The average Bonchev–Trinajstić information content (AvgIpc) is 2.90. The molecule has 0 saturated heterocycles. The van der Waals surface area contributed by atoms with Crippen molar-refractivity contribution in [3.63, 3.8) is 0 Å². The maximum absolute atomic E-state index is 5.05. The van der Waals surface area contributed by atoms with Gasteiger partial charge in [0.05, 0.1) is 25.0 Å². The summed E-state index contributed by atoms with van der Waals surface area (Å²) in [4.78, 5) is 0. The standard InChI is InChI=1S/C17H25N3O/c1-14-5-4-6-16(11-14)8-7-15(2)19-17-12-18-20(13-17)9-10-21-3/h4-6,11-13,15,19H,7-10H2,1-3H3. The van der Waals surface area contributed by atoms with E-state index in [1.807, 2.05) is 17.1 Å². The van der Waals surface area contributed by atoms with E-state index in [4.69, 9.17) is 4.74 Å². The molecule has 0 aliphatic rings. The molecular formula is C17H25N3O. The summed E-state index contributed by atoms with van der Waals surface area (Å²) in [5, 5.41) is 7.81. The van der Waals surface area contributed by atoms with Crippen LogP contribution in [-0.2, 0) is 17.7 Å². The van der Waals surface area contributed by atoms with Crippen molar-refractivity contribution < 1.29 is 4.74 Å². The molecule has 1 heterocycles. The first kappa shape index (κ1) is 15.6. The summed E-state index contributed by atoms with van der Waals surface area (Å²) in [6.45, 7) is 5.82. The van der Waals surface area contributed by atoms with Crippen LogP contribution >= 0.6 is 0 Å². The normalized spacial score (nSPS) is 12.3. The summed E-state index contributed by atoms with van der Waals surface area (Å²) < 4.78 is 6.95. The zero-order chi connectivity index (χ0) is 15.1. The number of hydrogen-bond donors (Lipinski definition) is 1. The molecule has 21 heavy (non-hydrogen) atoms. The van der Waals surface area contributed by atoms with Crippen LogP contribution in [0.4, 0.5) is 5.69 Å². The van der Waals surface area contributed by atoms with Gasteiger partial charge < -0.3 is 10.1 Å². The van der Waals surface area contributed by atoms with E-state index in [0.29, 0.717) is 12.6 Å². The number of aromatic nitrogens is 2. The Bertz CT molecular complexity index is 550. The van der Waals surface area contributed by atoms with Gasteiger partial charge in [-0.05, 0) is 32.3 Å². The van der Waals surface area contributed by atoms with Crippen molar-refractivity contribution in [2.75, 3.05) is 19.0 Å². The lowest BCUT2D eigenvalue weighted by molar-refractivity contribution is 0.183. The first-order chi connectivity index (χ1) is 10.2. The fourth-order valence-electron chi connectivity index (χ4n) is 2.35. The molecule has 1 N–H and O–H groups in total. The van der Waals surface area contributed by atoms with Crippen LogP contribution < -0.4 is 5.32 Å². The van der Waals surface area contributed by atoms with Crippen LogP contribution in [0, 0.1) is 6.92 Å². The zero-order valence-corrected chi connectivity index (χ0v) is 13.2. The Morgan fingerprint density at radius 1 is 1.38 bits per heavy atom. The summed E-state index contributed by atoms with van der Waals surface area (Å²) in [7, 11) is 1.70. The molecule has 0 bridgehead atoms. The van der Waals surface area contributed by atoms with Crippen molar-refractivity contribution in [1.29, 1.82) is 0 Å². The summed E-state index contributed by atoms with van der Waals surface area (Å²) >= 11 is 0. The van der Waals surface area contributed by atoms with Crippen LogP contribution in [0.5, 0.6) is 0 Å². The lowest BCUT2D eigenvalue weighted by atomic mass is 10.0. The fraction of sp³-hybridized carbons (Fsp3) is 0.471. The molecule has 4 heteroatoms. The Morgan fingerprint density at radius 2 is 2.24 bits per heavy atom. The Labute approximate surface area is 127 Å². The van der Waals surface area contributed by atoms with E-state index in [-0.39, 0.29) is 0 Å². The van der Waals surface area contributed by atoms with Gasteiger partial charge in [0.25, 0.3) is 0 Å². The molecule has 1 aromatic carbocycles. The lowest BCUT2D eigenvalue weighted by Crippen LogP contribution is -2.15. The largest absolute Gasteiger partial charge is 0.383 e. The minimum Gasteiger partial charge on any atom is -0.383 e. The molecule has 0 amide bonds. The van der Waals surface area contributed by atoms with Crippen molar-refractivity contribution in [3.8, 4) is 0 Å². The monoisotopic (exact) mass is 287 g/mol. The van der Waals surface area contributed by atoms with Crippen LogP contribution in [0.15, 0.2) is 36.7 Å². The van der Waals surface area contributed by atoms with Gasteiger partial charge in [0.2, 0.25) is 0 Å². The highest BCUT2D eigenvalue weighted by atomic mass is 16.5. The number of rotatable bonds is 8. The molecule has 4 nitrogen and oxygen atoms in total. The summed E-state index contributed by atoms with van der Waals surface area (Å²) in [5.74, 6) is 0. The summed E-state index contributed by atoms with van der Waals surface area (Å²) in [6.07, 6.45) is 6.10. The molecule has 0 aliphatic heterocycles. The molecule has 0 saturated carbocycles. The number of methoxy groups -OCH3 is 1. The van der Waals surface area contributed by atoms with Crippen LogP contribution in [0.25, 0.3) is 0 Å². The van der Waals surface area contributed by atoms with Gasteiger partial charge in [0.15, 0.2) is 0 Å². The van der Waals surface area contributed by atoms with E-state index in [1.54, 1.807) is 7.11 Å². The lowest BCUT2D eigenvalue weighted by Gasteiger charge is -2.13. The highest BCUT2D eigenvalue weighted by Crippen LogP contribution is 2.12. The van der Waals surface area contributed by atoms with Crippen molar-refractivity contribution in [3.05, 3.63) is 47.8 Å². The van der Waals surface area contributed by atoms with Crippen LogP contribution in [0.1, 0.15) is 24.5 Å². The molecule has 0 spiro atoms. The first-order valence-corrected chi connectivity index (χ1v) is 7.51. The quantitative estimate of drug-likeness (QED) is 0.810. The number of aryl methyl sites for hydroxylation is 2. The van der Waals surface area contributed by atoms with Crippen LogP contribution in [-0.4, -0.2) is 29.5 Å². The summed E-state index contributed by atoms with van der Waals surface area (Å²) in [5.41, 5.74) is 3.80. The van der Waals surface area contributed by atoms with Crippen molar-refractivity contribution >= 4 is 5.69 Å². The van der Waals surface area contributed by atoms with Crippen molar-refractivity contribution in [1.82, 2.24) is 9.78 Å². The number of ether oxygens (including phenoxy) is 1. The number of nitrogens with one attached hydrogen (secondary N) is 1. The van der Waals surface area contributed by atoms with Gasteiger partial charge in [0.1, 0.15) is 0 Å². The van der Waals surface area contributed by atoms with Gasteiger partial charge in [-0.2, -0.15) is 5.10 Å². The maximum Gasteiger partial charge on any atom is 0.0728 e. The highest BCUT2D eigenvalue weighted by molar-refractivity contribution is 5.39. The average molecular weight is 287 g/mol. The fourth-order valence-corrected chi connectivity index (χ4v) is 2.35. The molecule has 1 aromatic heterocycles. The number of hydrogen-bond acceptors (Lipinski definition) is 3. The molecule has 1 atom stereocenters. The minimum absolute atomic E-state index is 0.422. The van der Waals surface area contributed by atoms with E-state index in [0.717, 1.165) is 25.1 Å². The molecular weight excluding hydrogens is 262 g/mol. The second kappa shape index (κ2) is 7.84. The van der Waals surface area contributed by atoms with Crippen LogP contribution in [0.2, 0.25) is 0 Å². The van der Waals surface area contributed by atoms with Gasteiger partial charge in [0, 0.05) is 19.3 Å². The third kappa shape index (κ3) is 5.23. The van der Waals surface area contributed by atoms with E-state index < -0.39 is 0 Å². The second-order valence-electron chi connectivity index (χ2n) is 5.56. The first-order valence-electron chi connectivity index (χ1n) is 7.51. The Balaban J connectivity index is 1.78. The summed E-state index contributed by atoms with van der Waals surface area (Å²) in [6, 6.07) is 9.14. The van der Waals surface area contributed by atoms with Gasteiger partial charge in [-0.3, -0.25) is 4.68 Å². The molecule has 0 aliphatic carbocycles. The third-order valence-corrected chi connectivity index (χ3v) is 3.52. The van der Waals surface area contributed by atoms with Gasteiger partial charge in [-0.25, -0.2) is 0 Å². The van der Waals surface area contributed by atoms with Gasteiger partial charge in [-0.15, -0.1) is 0 Å². The van der Waals surface area contributed by atoms with E-state index >= 15 is 0 Å². The topological polar surface area (TPSA) is 39.1 Å². The zero-order valence-electron chi connectivity index (χ0n) is 13.2. The van der Waals surface area contributed by atoms with Crippen LogP contribution in [0.3, 0.4) is 0 Å². The van der Waals surface area contributed by atoms with E-state index in [1.165, 1.54) is 11.1 Å². The maximum atomic E-state index is 5.05. The smallest absolute Gasteiger partial charge is 0.0728 e. The van der Waals surface area contributed by atoms with E-state index in [2.05, 4.69) is 48.5 Å². The molecule has 0 fully saturated rings. The highest BCUT2D eigenvalue weighted by Gasteiger charge is 2.05.